The van der Waals surface area contributed by atoms with E-state index in [1.807, 2.05) is 0 Å². The zero-order valence-electron chi connectivity index (χ0n) is 11.9. The fraction of sp³-hybridized carbons (Fsp3) is 0.692. The Balaban J connectivity index is 2.11. The molecule has 1 aliphatic rings. The summed E-state index contributed by atoms with van der Waals surface area (Å²) >= 11 is 5.79. The van der Waals surface area contributed by atoms with Crippen molar-refractivity contribution in [3.63, 3.8) is 0 Å². The van der Waals surface area contributed by atoms with Gasteiger partial charge in [0.15, 0.2) is 0 Å². The monoisotopic (exact) mass is 320 g/mol. The van der Waals surface area contributed by atoms with E-state index in [-0.39, 0.29) is 0 Å². The van der Waals surface area contributed by atoms with Gasteiger partial charge < -0.3 is 9.30 Å². The number of halogens is 1. The molecule has 0 saturated carbocycles. The van der Waals surface area contributed by atoms with Crippen molar-refractivity contribution >= 4 is 21.6 Å². The normalized spacial score (nSPS) is 17.8. The summed E-state index contributed by atoms with van der Waals surface area (Å²) in [6.07, 6.45) is 3.46. The van der Waals surface area contributed by atoms with E-state index in [9.17, 15) is 8.42 Å². The maximum atomic E-state index is 12.5. The first-order valence-corrected chi connectivity index (χ1v) is 8.68. The van der Waals surface area contributed by atoms with Crippen LogP contribution in [0, 0.1) is 5.92 Å². The van der Waals surface area contributed by atoms with Gasteiger partial charge in [-0.1, -0.05) is 0 Å². The lowest BCUT2D eigenvalue weighted by Gasteiger charge is -2.26. The van der Waals surface area contributed by atoms with Gasteiger partial charge in [0.1, 0.15) is 4.90 Å². The quantitative estimate of drug-likeness (QED) is 0.778. The maximum absolute atomic E-state index is 12.5. The molecule has 1 aliphatic heterocycles. The van der Waals surface area contributed by atoms with Gasteiger partial charge in [-0.25, -0.2) is 12.7 Å². The van der Waals surface area contributed by atoms with Gasteiger partial charge in [-0.2, -0.15) is 0 Å². The minimum atomic E-state index is -3.44. The Morgan fingerprint density at radius 1 is 1.45 bits per heavy atom. The van der Waals surface area contributed by atoms with Gasteiger partial charge in [0, 0.05) is 45.7 Å². The van der Waals surface area contributed by atoms with Crippen LogP contribution < -0.4 is 0 Å². The molecule has 20 heavy (non-hydrogen) atoms. The molecule has 0 aliphatic carbocycles. The van der Waals surface area contributed by atoms with Crippen LogP contribution in [0.3, 0.4) is 0 Å². The van der Waals surface area contributed by atoms with E-state index in [1.165, 1.54) is 4.31 Å². The molecule has 0 bridgehead atoms. The summed E-state index contributed by atoms with van der Waals surface area (Å²) in [7, 11) is 0.000789. The Bertz CT molecular complexity index is 550. The Morgan fingerprint density at radius 2 is 2.10 bits per heavy atom. The van der Waals surface area contributed by atoms with E-state index in [1.54, 1.807) is 30.9 Å². The van der Waals surface area contributed by atoms with Crippen molar-refractivity contribution in [3.8, 4) is 0 Å². The molecule has 0 radical (unpaired) electrons. The molecule has 0 unspecified atom stereocenters. The van der Waals surface area contributed by atoms with E-state index in [4.69, 9.17) is 16.3 Å². The predicted molar refractivity (Wildman–Crippen MR) is 78.3 cm³/mol. The van der Waals surface area contributed by atoms with Crippen molar-refractivity contribution in [3.05, 3.63) is 18.0 Å². The standard InChI is InChI=1S/C13H21ClN2O3S/c1-15-10-13(7-12(15)8-14)20(17,18)16(2)9-11-3-5-19-6-4-11/h7,10-11H,3-6,8-9H2,1-2H3. The summed E-state index contributed by atoms with van der Waals surface area (Å²) in [6, 6.07) is 1.64. The number of ether oxygens (including phenoxy) is 1. The maximum Gasteiger partial charge on any atom is 0.244 e. The fourth-order valence-corrected chi connectivity index (χ4v) is 4.03. The highest BCUT2D eigenvalue weighted by atomic mass is 35.5. The molecular weight excluding hydrogens is 300 g/mol. The highest BCUT2D eigenvalue weighted by Crippen LogP contribution is 2.22. The van der Waals surface area contributed by atoms with Crippen molar-refractivity contribution in [1.82, 2.24) is 8.87 Å². The summed E-state index contributed by atoms with van der Waals surface area (Å²) in [4.78, 5) is 0.310. The SMILES string of the molecule is CN(CC1CCOCC1)S(=O)(=O)c1cc(CCl)n(C)c1. The molecule has 0 aromatic carbocycles. The van der Waals surface area contributed by atoms with E-state index in [2.05, 4.69) is 0 Å². The lowest BCUT2D eigenvalue weighted by Crippen LogP contribution is -2.34. The van der Waals surface area contributed by atoms with Gasteiger partial charge in [0.05, 0.1) is 5.88 Å². The van der Waals surface area contributed by atoms with Gasteiger partial charge in [0.2, 0.25) is 10.0 Å². The fourth-order valence-electron chi connectivity index (χ4n) is 2.42. The molecule has 7 heteroatoms. The average Bonchev–Trinajstić information content (AvgIpc) is 2.81. The number of rotatable bonds is 5. The van der Waals surface area contributed by atoms with Gasteiger partial charge in [-0.05, 0) is 24.8 Å². The molecule has 0 N–H and O–H groups in total. The molecule has 0 spiro atoms. The van der Waals surface area contributed by atoms with Gasteiger partial charge in [-0.15, -0.1) is 11.6 Å². The Hall–Kier alpha value is -0.560. The van der Waals surface area contributed by atoms with Crippen LogP contribution in [-0.4, -0.2) is 44.1 Å². The predicted octanol–water partition coefficient (Wildman–Crippen LogP) is 1.81. The zero-order valence-corrected chi connectivity index (χ0v) is 13.5. The second-order valence-corrected chi connectivity index (χ2v) is 7.57. The first kappa shape index (κ1) is 15.8. The molecule has 1 saturated heterocycles. The van der Waals surface area contributed by atoms with Crippen molar-refractivity contribution in [2.24, 2.45) is 13.0 Å². The molecule has 5 nitrogen and oxygen atoms in total. The van der Waals surface area contributed by atoms with E-state index >= 15 is 0 Å². The number of sulfonamides is 1. The minimum Gasteiger partial charge on any atom is -0.381 e. The average molecular weight is 321 g/mol. The van der Waals surface area contributed by atoms with E-state index in [0.717, 1.165) is 31.7 Å². The van der Waals surface area contributed by atoms with Crippen molar-refractivity contribution in [1.29, 1.82) is 0 Å². The lowest BCUT2D eigenvalue weighted by atomic mass is 10.0. The number of hydrogen-bond donors (Lipinski definition) is 0. The van der Waals surface area contributed by atoms with Gasteiger partial charge >= 0.3 is 0 Å². The Kier molecular flexibility index (Phi) is 5.12. The van der Waals surface area contributed by atoms with E-state index < -0.39 is 10.0 Å². The first-order chi connectivity index (χ1) is 9.45. The Morgan fingerprint density at radius 3 is 2.65 bits per heavy atom. The van der Waals surface area contributed by atoms with Crippen LogP contribution in [0.4, 0.5) is 0 Å². The highest BCUT2D eigenvalue weighted by Gasteiger charge is 2.26. The van der Waals surface area contributed by atoms with Crippen molar-refractivity contribution in [2.45, 2.75) is 23.6 Å². The van der Waals surface area contributed by atoms with E-state index in [0.29, 0.717) is 23.2 Å². The topological polar surface area (TPSA) is 51.5 Å². The lowest BCUT2D eigenvalue weighted by molar-refractivity contribution is 0.0620. The van der Waals surface area contributed by atoms with Gasteiger partial charge in [-0.3, -0.25) is 0 Å². The number of aryl methyl sites for hydroxylation is 1. The third kappa shape index (κ3) is 3.36. The second-order valence-electron chi connectivity index (χ2n) is 5.25. The molecule has 1 fully saturated rings. The summed E-state index contributed by atoms with van der Waals surface area (Å²) in [5, 5.41) is 0. The third-order valence-corrected chi connectivity index (χ3v) is 5.85. The second kappa shape index (κ2) is 6.47. The largest absolute Gasteiger partial charge is 0.381 e. The van der Waals surface area contributed by atoms with Crippen LogP contribution in [0.15, 0.2) is 17.2 Å². The number of nitrogens with zero attached hydrogens (tertiary/aromatic N) is 2. The minimum absolute atomic E-state index is 0.301. The molecule has 2 rings (SSSR count). The van der Waals surface area contributed by atoms with Crippen LogP contribution >= 0.6 is 11.6 Å². The molecular formula is C13H21ClN2O3S. The number of alkyl halides is 1. The zero-order chi connectivity index (χ0) is 14.8. The Labute approximate surface area is 125 Å². The molecule has 1 aromatic rings. The number of aromatic nitrogens is 1. The van der Waals surface area contributed by atoms with Crippen LogP contribution in [0.5, 0.6) is 0 Å². The summed E-state index contributed by atoms with van der Waals surface area (Å²) in [5.41, 5.74) is 0.796. The van der Waals surface area contributed by atoms with Crippen LogP contribution in [0.25, 0.3) is 0 Å². The van der Waals surface area contributed by atoms with Crippen molar-refractivity contribution < 1.29 is 13.2 Å². The van der Waals surface area contributed by atoms with Crippen LogP contribution in [-0.2, 0) is 27.7 Å². The molecule has 114 valence electrons. The summed E-state index contributed by atoms with van der Waals surface area (Å²) in [6.45, 7) is 1.98. The number of hydrogen-bond acceptors (Lipinski definition) is 3. The smallest absolute Gasteiger partial charge is 0.244 e. The molecule has 2 heterocycles. The summed E-state index contributed by atoms with van der Waals surface area (Å²) in [5.74, 6) is 0.676. The first-order valence-electron chi connectivity index (χ1n) is 6.70. The third-order valence-electron chi connectivity index (χ3n) is 3.78. The highest BCUT2D eigenvalue weighted by molar-refractivity contribution is 7.89. The summed E-state index contributed by atoms with van der Waals surface area (Å²) < 4.78 is 33.5. The molecule has 1 aromatic heterocycles. The van der Waals surface area contributed by atoms with Gasteiger partial charge in [0.25, 0.3) is 0 Å². The van der Waals surface area contributed by atoms with Crippen molar-refractivity contribution in [2.75, 3.05) is 26.8 Å². The molecule has 0 amide bonds. The molecule has 0 atom stereocenters. The van der Waals surface area contributed by atoms with Crippen LogP contribution in [0.1, 0.15) is 18.5 Å². The van der Waals surface area contributed by atoms with Crippen LogP contribution in [0.2, 0.25) is 0 Å².